The van der Waals surface area contributed by atoms with Crippen LogP contribution in [0.2, 0.25) is 0 Å². The van der Waals surface area contributed by atoms with E-state index in [1.54, 1.807) is 0 Å². The highest BCUT2D eigenvalue weighted by atomic mass is 31.2. The van der Waals surface area contributed by atoms with Gasteiger partial charge in [-0.15, -0.1) is 0 Å². The first-order valence-corrected chi connectivity index (χ1v) is 11.2. The normalized spacial score (nSPS) is 11.1. The van der Waals surface area contributed by atoms with Crippen molar-refractivity contribution in [1.29, 1.82) is 0 Å². The molecular formula is C22H33O4P. The second-order valence-electron chi connectivity index (χ2n) is 7.01. The van der Waals surface area contributed by atoms with Crippen LogP contribution in [0.3, 0.4) is 0 Å². The molecule has 0 unspecified atom stereocenters. The van der Waals surface area contributed by atoms with E-state index in [4.69, 9.17) is 9.79 Å². The minimum Gasteiger partial charge on any atom is -0.303 e. The number of hydrogen-bond acceptors (Lipinski definition) is 2. The summed E-state index contributed by atoms with van der Waals surface area (Å²) in [6.07, 6.45) is 6.55. The number of benzene rings is 2. The standard InChI is InChI=1S/C12H10.C10H23O4P/c1-3-7-11(8-4-1)12-9-5-2-6-10-12;1-10(2)8-6-4-3-5-7-9-14-15(11,12)13/h1-10H;10H,3-9H2,1-2H3,(H2,11,12,13). The highest BCUT2D eigenvalue weighted by Gasteiger charge is 2.12. The fourth-order valence-electron chi connectivity index (χ4n) is 2.63. The maximum absolute atomic E-state index is 10.3. The van der Waals surface area contributed by atoms with Gasteiger partial charge in [0.2, 0.25) is 0 Å². The van der Waals surface area contributed by atoms with Crippen LogP contribution in [-0.2, 0) is 9.09 Å². The molecule has 2 rings (SSSR count). The number of rotatable bonds is 10. The molecule has 0 radical (unpaired) electrons. The smallest absolute Gasteiger partial charge is 0.303 e. The van der Waals surface area contributed by atoms with Crippen molar-refractivity contribution in [2.75, 3.05) is 6.61 Å². The highest BCUT2D eigenvalue weighted by molar-refractivity contribution is 7.46. The molecule has 2 aromatic carbocycles. The molecule has 0 amide bonds. The van der Waals surface area contributed by atoms with Gasteiger partial charge in [-0.25, -0.2) is 4.57 Å². The van der Waals surface area contributed by atoms with Gasteiger partial charge in [-0.3, -0.25) is 4.52 Å². The molecule has 0 heterocycles. The molecule has 0 atom stereocenters. The summed E-state index contributed by atoms with van der Waals surface area (Å²) in [5.74, 6) is 0.767. The van der Waals surface area contributed by atoms with Gasteiger partial charge in [0.05, 0.1) is 6.61 Å². The van der Waals surface area contributed by atoms with Crippen LogP contribution in [0.5, 0.6) is 0 Å². The Kier molecular flexibility index (Phi) is 12.0. The Balaban J connectivity index is 0.000000274. The van der Waals surface area contributed by atoms with Crippen molar-refractivity contribution >= 4 is 7.82 Å². The van der Waals surface area contributed by atoms with Crippen LogP contribution in [0.4, 0.5) is 0 Å². The molecule has 0 aliphatic heterocycles. The van der Waals surface area contributed by atoms with Crippen LogP contribution in [-0.4, -0.2) is 16.4 Å². The lowest BCUT2D eigenvalue weighted by Gasteiger charge is -2.05. The van der Waals surface area contributed by atoms with E-state index in [0.29, 0.717) is 0 Å². The third-order valence-corrected chi connectivity index (χ3v) is 4.59. The molecular weight excluding hydrogens is 359 g/mol. The first-order chi connectivity index (χ1) is 12.9. The zero-order valence-electron chi connectivity index (χ0n) is 16.5. The third-order valence-electron chi connectivity index (χ3n) is 4.07. The van der Waals surface area contributed by atoms with Crippen LogP contribution >= 0.6 is 7.82 Å². The monoisotopic (exact) mass is 392 g/mol. The molecule has 0 aromatic heterocycles. The Labute approximate surface area is 163 Å². The summed E-state index contributed by atoms with van der Waals surface area (Å²) in [4.78, 5) is 16.8. The third kappa shape index (κ3) is 13.4. The average Bonchev–Trinajstić information content (AvgIpc) is 2.65. The van der Waals surface area contributed by atoms with Gasteiger partial charge < -0.3 is 9.79 Å². The van der Waals surface area contributed by atoms with E-state index in [2.05, 4.69) is 66.9 Å². The van der Waals surface area contributed by atoms with Gasteiger partial charge in [-0.1, -0.05) is 107 Å². The van der Waals surface area contributed by atoms with Gasteiger partial charge in [-0.05, 0) is 23.5 Å². The molecule has 0 aliphatic rings. The summed E-state index contributed by atoms with van der Waals surface area (Å²) in [6.45, 7) is 4.59. The fourth-order valence-corrected chi connectivity index (χ4v) is 3.00. The number of phosphoric ester groups is 1. The van der Waals surface area contributed by atoms with Crippen molar-refractivity contribution in [3.8, 4) is 11.1 Å². The summed E-state index contributed by atoms with van der Waals surface area (Å²) in [5.41, 5.74) is 2.55. The van der Waals surface area contributed by atoms with E-state index in [9.17, 15) is 4.57 Å². The zero-order chi connectivity index (χ0) is 20.0. The van der Waals surface area contributed by atoms with Crippen molar-refractivity contribution in [3.05, 3.63) is 60.7 Å². The summed E-state index contributed by atoms with van der Waals surface area (Å²) in [5, 5.41) is 0. The molecule has 0 saturated heterocycles. The minimum atomic E-state index is -4.24. The molecule has 0 saturated carbocycles. The molecule has 27 heavy (non-hydrogen) atoms. The summed E-state index contributed by atoms with van der Waals surface area (Å²) >= 11 is 0. The lowest BCUT2D eigenvalue weighted by atomic mass is 10.0. The minimum absolute atomic E-state index is 0.161. The van der Waals surface area contributed by atoms with E-state index in [0.717, 1.165) is 25.2 Å². The average molecular weight is 392 g/mol. The maximum atomic E-state index is 10.3. The second-order valence-corrected chi connectivity index (χ2v) is 8.25. The van der Waals surface area contributed by atoms with Crippen LogP contribution in [0.1, 0.15) is 52.4 Å². The first kappa shape index (κ1) is 23.6. The van der Waals surface area contributed by atoms with Crippen LogP contribution < -0.4 is 0 Å². The molecule has 5 heteroatoms. The van der Waals surface area contributed by atoms with Crippen molar-refractivity contribution in [1.82, 2.24) is 0 Å². The largest absolute Gasteiger partial charge is 0.469 e. The molecule has 150 valence electrons. The Bertz CT molecular complexity index is 600. The SMILES string of the molecule is CC(C)CCCCCCCOP(=O)(O)O.c1ccc(-c2ccccc2)cc1. The number of unbranched alkanes of at least 4 members (excludes halogenated alkanes) is 4. The predicted molar refractivity (Wildman–Crippen MR) is 112 cm³/mol. The van der Waals surface area contributed by atoms with Crippen molar-refractivity contribution < 1.29 is 18.9 Å². The number of phosphoric acid groups is 1. The van der Waals surface area contributed by atoms with E-state index < -0.39 is 7.82 Å². The fraction of sp³-hybridized carbons (Fsp3) is 0.455. The maximum Gasteiger partial charge on any atom is 0.469 e. The summed E-state index contributed by atoms with van der Waals surface area (Å²) in [6, 6.07) is 20.8. The van der Waals surface area contributed by atoms with Crippen LogP contribution in [0.25, 0.3) is 11.1 Å². The van der Waals surface area contributed by atoms with E-state index in [1.165, 1.54) is 30.4 Å². The van der Waals surface area contributed by atoms with Gasteiger partial charge in [0.25, 0.3) is 0 Å². The molecule has 0 aliphatic carbocycles. The Hall–Kier alpha value is -1.45. The quantitative estimate of drug-likeness (QED) is 0.360. The summed E-state index contributed by atoms with van der Waals surface area (Å²) < 4.78 is 14.7. The molecule has 4 nitrogen and oxygen atoms in total. The van der Waals surface area contributed by atoms with Gasteiger partial charge in [-0.2, -0.15) is 0 Å². The van der Waals surface area contributed by atoms with Gasteiger partial charge in [0, 0.05) is 0 Å². The molecule has 2 aromatic rings. The predicted octanol–water partition coefficient (Wildman–Crippen LogP) is 6.45. The molecule has 2 N–H and O–H groups in total. The highest BCUT2D eigenvalue weighted by Crippen LogP contribution is 2.35. The number of hydrogen-bond donors (Lipinski definition) is 2. The molecule has 0 spiro atoms. The van der Waals surface area contributed by atoms with Gasteiger partial charge in [0.1, 0.15) is 0 Å². The van der Waals surface area contributed by atoms with E-state index >= 15 is 0 Å². The van der Waals surface area contributed by atoms with E-state index in [-0.39, 0.29) is 6.61 Å². The Morgan fingerprint density at radius 2 is 1.22 bits per heavy atom. The van der Waals surface area contributed by atoms with Crippen LogP contribution in [0.15, 0.2) is 60.7 Å². The van der Waals surface area contributed by atoms with Crippen molar-refractivity contribution in [2.45, 2.75) is 52.4 Å². The topological polar surface area (TPSA) is 66.8 Å². The molecule has 0 bridgehead atoms. The van der Waals surface area contributed by atoms with Crippen molar-refractivity contribution in [2.24, 2.45) is 5.92 Å². The Morgan fingerprint density at radius 1 is 0.778 bits per heavy atom. The lowest BCUT2D eigenvalue weighted by Crippen LogP contribution is -1.92. The van der Waals surface area contributed by atoms with Crippen molar-refractivity contribution in [3.63, 3.8) is 0 Å². The Morgan fingerprint density at radius 3 is 1.67 bits per heavy atom. The summed E-state index contributed by atoms with van der Waals surface area (Å²) in [7, 11) is -4.24. The first-order valence-electron chi connectivity index (χ1n) is 9.69. The van der Waals surface area contributed by atoms with Crippen LogP contribution in [0, 0.1) is 5.92 Å². The molecule has 0 fully saturated rings. The lowest BCUT2D eigenvalue weighted by molar-refractivity contribution is 0.193. The van der Waals surface area contributed by atoms with Gasteiger partial charge >= 0.3 is 7.82 Å². The van der Waals surface area contributed by atoms with E-state index in [1.807, 2.05) is 12.1 Å². The van der Waals surface area contributed by atoms with Gasteiger partial charge in [0.15, 0.2) is 0 Å². The zero-order valence-corrected chi connectivity index (χ0v) is 17.4. The second kappa shape index (κ2) is 13.7.